The van der Waals surface area contributed by atoms with Crippen LogP contribution in [0.1, 0.15) is 40.5 Å². The number of hydrogen-bond acceptors (Lipinski definition) is 4. The standard InChI is InChI=1S/2C10H9F2O2.2C5H5.Ti/c2*1-6(2)10(13)14-9-4-3-7(11)5-8(9)12;2*1-2-4-5-3-1;/h2*3-4,6H,1-2H3;2*1-3H,4H2;. The molecule has 0 heterocycles. The molecule has 2 aliphatic rings. The molecule has 0 N–H and O–H groups in total. The quantitative estimate of drug-likeness (QED) is 0.164. The molecule has 0 saturated heterocycles. The minimum atomic E-state index is -5.14. The second-order valence-corrected chi connectivity index (χ2v) is 15.9. The predicted molar refractivity (Wildman–Crippen MR) is 137 cm³/mol. The van der Waals surface area contributed by atoms with Crippen molar-refractivity contribution in [1.82, 2.24) is 0 Å². The van der Waals surface area contributed by atoms with Crippen LogP contribution < -0.4 is 17.2 Å². The molecule has 2 aliphatic carbocycles. The summed E-state index contributed by atoms with van der Waals surface area (Å²) in [4.78, 5) is 24.6. The van der Waals surface area contributed by atoms with Gasteiger partial charge in [0.25, 0.3) is 0 Å². The van der Waals surface area contributed by atoms with E-state index in [1.54, 1.807) is 64.2 Å². The van der Waals surface area contributed by atoms with Crippen molar-refractivity contribution in [2.75, 3.05) is 0 Å². The first-order valence-electron chi connectivity index (χ1n) is 12.6. The maximum atomic E-state index is 16.4. The van der Waals surface area contributed by atoms with Gasteiger partial charge in [0.05, 0.1) is 0 Å². The van der Waals surface area contributed by atoms with Gasteiger partial charge in [-0.15, -0.1) is 0 Å². The molecule has 39 heavy (non-hydrogen) atoms. The molecule has 204 valence electrons. The van der Waals surface area contributed by atoms with E-state index < -0.39 is 82.9 Å². The fraction of sp³-hybridized carbons (Fsp3) is 0.267. The Morgan fingerprint density at radius 2 is 1.08 bits per heavy atom. The van der Waals surface area contributed by atoms with Crippen molar-refractivity contribution >= 4 is 19.7 Å². The van der Waals surface area contributed by atoms with Crippen molar-refractivity contribution in [2.24, 2.45) is 11.8 Å². The van der Waals surface area contributed by atoms with Gasteiger partial charge in [-0.2, -0.15) is 0 Å². The Bertz CT molecular complexity index is 1340. The third-order valence-corrected chi connectivity index (χ3v) is 14.7. The molecule has 2 aromatic rings. The molecule has 4 nitrogen and oxygen atoms in total. The topological polar surface area (TPSA) is 52.6 Å². The zero-order valence-electron chi connectivity index (χ0n) is 22.0. The number of carbonyl (C=O) groups is 2. The molecule has 2 aromatic carbocycles. The molecular weight excluding hydrogens is 548 g/mol. The molecule has 0 aromatic heterocycles. The molecule has 0 atom stereocenters. The van der Waals surface area contributed by atoms with E-state index in [0.29, 0.717) is 7.76 Å². The monoisotopic (exact) mass is 576 g/mol. The summed E-state index contributed by atoms with van der Waals surface area (Å²) in [5.41, 5.74) is 0. The van der Waals surface area contributed by atoms with Crippen LogP contribution >= 0.6 is 0 Å². The van der Waals surface area contributed by atoms with Gasteiger partial charge in [-0.05, 0) is 0 Å². The number of allylic oxidation sites excluding steroid dienone is 8. The van der Waals surface area contributed by atoms with Gasteiger partial charge in [0.1, 0.15) is 0 Å². The normalized spacial score (nSPS) is 14.7. The van der Waals surface area contributed by atoms with Gasteiger partial charge in [0, 0.05) is 0 Å². The van der Waals surface area contributed by atoms with E-state index in [2.05, 4.69) is 0 Å². The Balaban J connectivity index is 2.10. The molecule has 0 radical (unpaired) electrons. The van der Waals surface area contributed by atoms with Crippen LogP contribution in [0.2, 0.25) is 0 Å². The van der Waals surface area contributed by atoms with Crippen LogP contribution in [0.15, 0.2) is 68.5 Å². The fourth-order valence-corrected chi connectivity index (χ4v) is 13.0. The molecular formula is C30H28F4O4Ti. The van der Waals surface area contributed by atoms with Crippen molar-refractivity contribution in [2.45, 2.75) is 40.5 Å². The van der Waals surface area contributed by atoms with E-state index in [1.807, 2.05) is 0 Å². The van der Waals surface area contributed by atoms with E-state index in [0.717, 1.165) is 24.3 Å². The Kier molecular flexibility index (Phi) is 8.47. The van der Waals surface area contributed by atoms with Crippen LogP contribution in [-0.2, 0) is 26.2 Å². The zero-order valence-corrected chi connectivity index (χ0v) is 23.5. The van der Waals surface area contributed by atoms with Gasteiger partial charge in [-0.3, -0.25) is 0 Å². The number of halogens is 4. The first-order valence-corrected chi connectivity index (χ1v) is 15.7. The van der Waals surface area contributed by atoms with Gasteiger partial charge in [0.15, 0.2) is 0 Å². The molecule has 4 rings (SSSR count). The van der Waals surface area contributed by atoms with Gasteiger partial charge in [-0.1, -0.05) is 0 Å². The summed E-state index contributed by atoms with van der Waals surface area (Å²) < 4.78 is 75.1. The molecule has 9 heteroatoms. The third kappa shape index (κ3) is 5.20. The van der Waals surface area contributed by atoms with E-state index >= 15 is 17.6 Å². The summed E-state index contributed by atoms with van der Waals surface area (Å²) in [5, 5.41) is 0. The first-order chi connectivity index (χ1) is 18.5. The number of hydrogen-bond donors (Lipinski definition) is 0. The summed E-state index contributed by atoms with van der Waals surface area (Å²) in [5.74, 6) is -8.14. The maximum absolute atomic E-state index is 16.4. The Morgan fingerprint density at radius 3 is 1.38 bits per heavy atom. The molecule has 0 saturated carbocycles. The van der Waals surface area contributed by atoms with E-state index in [-0.39, 0.29) is 12.8 Å². The average Bonchev–Trinajstić information content (AvgIpc) is 3.61. The van der Waals surface area contributed by atoms with Crippen molar-refractivity contribution < 1.29 is 53.2 Å². The van der Waals surface area contributed by atoms with E-state index in [4.69, 9.17) is 9.47 Å². The number of esters is 2. The molecule has 0 bridgehead atoms. The van der Waals surface area contributed by atoms with Gasteiger partial charge in [0.2, 0.25) is 0 Å². The van der Waals surface area contributed by atoms with Crippen molar-refractivity contribution in [3.05, 3.63) is 91.7 Å². The van der Waals surface area contributed by atoms with E-state index in [1.165, 1.54) is 0 Å². The van der Waals surface area contributed by atoms with Crippen molar-refractivity contribution in [1.29, 1.82) is 0 Å². The SMILES string of the molecule is CC(C)C(=O)Oc1ccc(F)[c]([Ti]([C]2=CC=CC2)([C]2=CC=CC2)[c]2c(F)ccc(OC(=O)C(C)C)c2F)c1F. The number of rotatable bonds is 8. The zero-order chi connectivity index (χ0) is 28.5. The van der Waals surface area contributed by atoms with E-state index in [9.17, 15) is 9.59 Å². The van der Waals surface area contributed by atoms with Gasteiger partial charge >= 0.3 is 229 Å². The minimum absolute atomic E-state index is 0.209. The second-order valence-electron chi connectivity index (χ2n) is 10.0. The average molecular weight is 576 g/mol. The third-order valence-electron chi connectivity index (χ3n) is 6.73. The molecule has 0 unspecified atom stereocenters. The van der Waals surface area contributed by atoms with Crippen LogP contribution in [0.3, 0.4) is 0 Å². The van der Waals surface area contributed by atoms with Gasteiger partial charge in [-0.25, -0.2) is 0 Å². The van der Waals surface area contributed by atoms with Gasteiger partial charge < -0.3 is 0 Å². The second kappa shape index (κ2) is 11.5. The summed E-state index contributed by atoms with van der Waals surface area (Å²) in [6.45, 7) is 6.24. The summed E-state index contributed by atoms with van der Waals surface area (Å²) >= 11 is -5.14. The van der Waals surface area contributed by atoms with Crippen LogP contribution in [-0.4, -0.2) is 11.9 Å². The number of ether oxygens (including phenoxy) is 2. The van der Waals surface area contributed by atoms with Crippen LogP contribution in [0, 0.1) is 35.1 Å². The first kappa shape index (κ1) is 28.8. The predicted octanol–water partition coefficient (Wildman–Crippen LogP) is 6.16. The van der Waals surface area contributed by atoms with Crippen molar-refractivity contribution in [3.63, 3.8) is 0 Å². The molecule has 0 fully saturated rings. The van der Waals surface area contributed by atoms with Crippen molar-refractivity contribution in [3.8, 4) is 11.5 Å². The van der Waals surface area contributed by atoms with Crippen LogP contribution in [0.4, 0.5) is 17.6 Å². The summed E-state index contributed by atoms with van der Waals surface area (Å²) in [6, 6.07) is 3.90. The fourth-order valence-electron chi connectivity index (χ4n) is 4.79. The number of carbonyl (C=O) groups excluding carboxylic acids is 2. The van der Waals surface area contributed by atoms with Crippen LogP contribution in [0.25, 0.3) is 0 Å². The summed E-state index contributed by atoms with van der Waals surface area (Å²) in [7, 11) is 0. The molecule has 0 aliphatic heterocycles. The molecule has 0 spiro atoms. The Morgan fingerprint density at radius 1 is 0.692 bits per heavy atom. The Hall–Kier alpha value is -3.23. The van der Waals surface area contributed by atoms with Crippen LogP contribution in [0.5, 0.6) is 11.5 Å². The Labute approximate surface area is 228 Å². The number of benzene rings is 2. The summed E-state index contributed by atoms with van der Waals surface area (Å²) in [6.07, 6.45) is 10.5. The molecule has 0 amide bonds.